The highest BCUT2D eigenvalue weighted by molar-refractivity contribution is 5.73. The molecule has 3 aromatic rings. The Labute approximate surface area is 187 Å². The number of nitriles is 1. The number of ether oxygens (including phenoxy) is 1. The van der Waals surface area contributed by atoms with Crippen LogP contribution in [0.3, 0.4) is 0 Å². The minimum absolute atomic E-state index is 0.00636. The fourth-order valence-corrected chi connectivity index (χ4v) is 4.26. The number of hydrogen-bond acceptors (Lipinski definition) is 5. The predicted octanol–water partition coefficient (Wildman–Crippen LogP) is 4.15. The van der Waals surface area contributed by atoms with Gasteiger partial charge in [-0.05, 0) is 68.1 Å². The first-order chi connectivity index (χ1) is 15.4. The molecule has 7 heteroatoms. The smallest absolute Gasteiger partial charge is 0.317 e. The summed E-state index contributed by atoms with van der Waals surface area (Å²) in [6.45, 7) is 7.42. The SMILES string of the molecule is Cc1c(-c2cc(-c3ccc(OC(C)C)c(C#N)c3)n[nH]2)ccc2c1CCN(CC(=O)O)C2. The number of aliphatic carboxylic acids is 1. The molecule has 0 radical (unpaired) electrons. The molecule has 0 bridgehead atoms. The zero-order valence-electron chi connectivity index (χ0n) is 18.5. The highest BCUT2D eigenvalue weighted by Crippen LogP contribution is 2.33. The summed E-state index contributed by atoms with van der Waals surface area (Å²) in [5, 5.41) is 26.2. The van der Waals surface area contributed by atoms with Gasteiger partial charge in [-0.15, -0.1) is 0 Å². The molecule has 0 saturated carbocycles. The first-order valence-electron chi connectivity index (χ1n) is 10.7. The van der Waals surface area contributed by atoms with E-state index in [0.29, 0.717) is 17.9 Å². The second-order valence-electron chi connectivity index (χ2n) is 8.39. The molecular weight excluding hydrogens is 404 g/mol. The van der Waals surface area contributed by atoms with Gasteiger partial charge in [0.2, 0.25) is 0 Å². The van der Waals surface area contributed by atoms with Crippen LogP contribution in [0.25, 0.3) is 22.5 Å². The minimum atomic E-state index is -0.796. The summed E-state index contributed by atoms with van der Waals surface area (Å²) in [7, 11) is 0. The van der Waals surface area contributed by atoms with E-state index in [1.807, 2.05) is 36.9 Å². The molecule has 1 aromatic heterocycles. The Morgan fingerprint density at radius 1 is 1.31 bits per heavy atom. The first kappa shape index (κ1) is 21.6. The molecule has 2 N–H and O–H groups in total. The number of carboxylic acids is 1. The summed E-state index contributed by atoms with van der Waals surface area (Å²) in [4.78, 5) is 13.0. The van der Waals surface area contributed by atoms with Crippen LogP contribution in [0.15, 0.2) is 36.4 Å². The molecule has 0 spiro atoms. The van der Waals surface area contributed by atoms with Gasteiger partial charge in [0.25, 0.3) is 0 Å². The maximum atomic E-state index is 11.0. The summed E-state index contributed by atoms with van der Waals surface area (Å²) < 4.78 is 5.71. The van der Waals surface area contributed by atoms with Gasteiger partial charge in [0.1, 0.15) is 11.8 Å². The normalized spacial score (nSPS) is 13.6. The molecule has 0 aliphatic carbocycles. The molecule has 1 aliphatic heterocycles. The van der Waals surface area contributed by atoms with Crippen LogP contribution in [-0.4, -0.2) is 45.4 Å². The third-order valence-electron chi connectivity index (χ3n) is 5.75. The van der Waals surface area contributed by atoms with Crippen molar-refractivity contribution < 1.29 is 14.6 Å². The van der Waals surface area contributed by atoms with Gasteiger partial charge < -0.3 is 9.84 Å². The molecule has 7 nitrogen and oxygen atoms in total. The molecule has 0 amide bonds. The number of aromatic nitrogens is 2. The Kier molecular flexibility index (Phi) is 5.97. The van der Waals surface area contributed by atoms with Crippen molar-refractivity contribution in [2.75, 3.05) is 13.1 Å². The Bertz CT molecular complexity index is 1210. The largest absolute Gasteiger partial charge is 0.490 e. The summed E-state index contributed by atoms with van der Waals surface area (Å²) in [5.74, 6) is -0.223. The van der Waals surface area contributed by atoms with E-state index in [-0.39, 0.29) is 12.6 Å². The molecular formula is C25H26N4O3. The van der Waals surface area contributed by atoms with Crippen molar-refractivity contribution in [2.45, 2.75) is 39.8 Å². The van der Waals surface area contributed by atoms with E-state index in [0.717, 1.165) is 35.5 Å². The van der Waals surface area contributed by atoms with Crippen molar-refractivity contribution in [2.24, 2.45) is 0 Å². The molecule has 1 aliphatic rings. The second kappa shape index (κ2) is 8.85. The van der Waals surface area contributed by atoms with Crippen molar-refractivity contribution >= 4 is 5.97 Å². The number of fused-ring (bicyclic) bond motifs is 1. The van der Waals surface area contributed by atoms with Crippen molar-refractivity contribution in [1.82, 2.24) is 15.1 Å². The monoisotopic (exact) mass is 430 g/mol. The molecule has 0 saturated heterocycles. The van der Waals surface area contributed by atoms with Gasteiger partial charge in [0.05, 0.1) is 29.6 Å². The van der Waals surface area contributed by atoms with Crippen molar-refractivity contribution in [3.8, 4) is 34.3 Å². The number of carboxylic acid groups (broad SMARTS) is 1. The number of nitrogens with one attached hydrogen (secondary N) is 1. The van der Waals surface area contributed by atoms with E-state index in [4.69, 9.17) is 9.84 Å². The van der Waals surface area contributed by atoms with Crippen LogP contribution in [0.1, 0.15) is 36.1 Å². The standard InChI is InChI=1S/C25H26N4O3/c1-15(2)32-24-7-5-17(10-19(24)12-26)22-11-23(28-27-22)21-6-4-18-13-29(14-25(30)31)9-8-20(18)16(21)3/h4-7,10-11,15H,8-9,13-14H2,1-3H3,(H,27,28)(H,30,31). The Morgan fingerprint density at radius 2 is 2.12 bits per heavy atom. The summed E-state index contributed by atoms with van der Waals surface area (Å²) in [6, 6.07) is 13.9. The number of rotatable bonds is 6. The summed E-state index contributed by atoms with van der Waals surface area (Å²) >= 11 is 0. The molecule has 2 heterocycles. The third kappa shape index (κ3) is 4.36. The maximum Gasteiger partial charge on any atom is 0.317 e. The molecule has 164 valence electrons. The lowest BCUT2D eigenvalue weighted by Gasteiger charge is -2.29. The fourth-order valence-electron chi connectivity index (χ4n) is 4.26. The fraction of sp³-hybridized carbons (Fsp3) is 0.320. The van der Waals surface area contributed by atoms with E-state index in [1.165, 1.54) is 16.7 Å². The van der Waals surface area contributed by atoms with Gasteiger partial charge in [-0.3, -0.25) is 14.8 Å². The number of hydrogen-bond donors (Lipinski definition) is 2. The van der Waals surface area contributed by atoms with E-state index in [2.05, 4.69) is 35.3 Å². The van der Waals surface area contributed by atoms with Crippen molar-refractivity contribution in [1.29, 1.82) is 5.26 Å². The lowest BCUT2D eigenvalue weighted by Crippen LogP contribution is -2.35. The molecule has 0 atom stereocenters. The average molecular weight is 431 g/mol. The first-order valence-corrected chi connectivity index (χ1v) is 10.7. The lowest BCUT2D eigenvalue weighted by atomic mass is 9.90. The summed E-state index contributed by atoms with van der Waals surface area (Å²) in [5.41, 5.74) is 7.73. The molecule has 0 unspecified atom stereocenters. The van der Waals surface area contributed by atoms with Gasteiger partial charge >= 0.3 is 5.97 Å². The Hall–Kier alpha value is -3.63. The highest BCUT2D eigenvalue weighted by atomic mass is 16.5. The third-order valence-corrected chi connectivity index (χ3v) is 5.75. The van der Waals surface area contributed by atoms with Crippen LogP contribution in [-0.2, 0) is 17.8 Å². The number of benzene rings is 2. The molecule has 32 heavy (non-hydrogen) atoms. The van der Waals surface area contributed by atoms with Crippen LogP contribution in [0.2, 0.25) is 0 Å². The van der Waals surface area contributed by atoms with Crippen LogP contribution in [0.5, 0.6) is 5.75 Å². The number of carbonyl (C=O) groups is 1. The molecule has 2 aromatic carbocycles. The van der Waals surface area contributed by atoms with Gasteiger partial charge in [-0.25, -0.2) is 0 Å². The van der Waals surface area contributed by atoms with Gasteiger partial charge in [-0.1, -0.05) is 12.1 Å². The van der Waals surface area contributed by atoms with Gasteiger partial charge in [0, 0.05) is 24.2 Å². The molecule has 4 rings (SSSR count). The number of nitrogens with zero attached hydrogens (tertiary/aromatic N) is 3. The van der Waals surface area contributed by atoms with Crippen LogP contribution < -0.4 is 4.74 Å². The molecule has 0 fully saturated rings. The second-order valence-corrected chi connectivity index (χ2v) is 8.39. The highest BCUT2D eigenvalue weighted by Gasteiger charge is 2.21. The van der Waals surface area contributed by atoms with Gasteiger partial charge in [-0.2, -0.15) is 10.4 Å². The van der Waals surface area contributed by atoms with E-state index in [9.17, 15) is 10.1 Å². The average Bonchev–Trinajstić information content (AvgIpc) is 3.23. The summed E-state index contributed by atoms with van der Waals surface area (Å²) in [6.07, 6.45) is 0.819. The predicted molar refractivity (Wildman–Crippen MR) is 121 cm³/mol. The maximum absolute atomic E-state index is 11.0. The zero-order valence-corrected chi connectivity index (χ0v) is 18.5. The van der Waals surface area contributed by atoms with Crippen molar-refractivity contribution in [3.05, 3.63) is 58.7 Å². The van der Waals surface area contributed by atoms with E-state index >= 15 is 0 Å². The van der Waals surface area contributed by atoms with Gasteiger partial charge in [0.15, 0.2) is 0 Å². The van der Waals surface area contributed by atoms with E-state index in [1.54, 1.807) is 6.07 Å². The number of aromatic amines is 1. The number of H-pyrrole nitrogens is 1. The quantitative estimate of drug-likeness (QED) is 0.609. The zero-order chi connectivity index (χ0) is 22.8. The Balaban J connectivity index is 1.61. The minimum Gasteiger partial charge on any atom is -0.490 e. The van der Waals surface area contributed by atoms with Crippen molar-refractivity contribution in [3.63, 3.8) is 0 Å². The van der Waals surface area contributed by atoms with E-state index < -0.39 is 5.97 Å². The lowest BCUT2D eigenvalue weighted by molar-refractivity contribution is -0.138. The topological polar surface area (TPSA) is 102 Å². The van der Waals surface area contributed by atoms with Crippen LogP contribution >= 0.6 is 0 Å². The Morgan fingerprint density at radius 3 is 2.84 bits per heavy atom. The van der Waals surface area contributed by atoms with Crippen LogP contribution in [0.4, 0.5) is 0 Å². The van der Waals surface area contributed by atoms with Crippen LogP contribution in [0, 0.1) is 18.3 Å².